The van der Waals surface area contributed by atoms with E-state index in [2.05, 4.69) is 40.4 Å². The monoisotopic (exact) mass is 194 g/mol. The Labute approximate surface area is 84.0 Å². The van der Waals surface area contributed by atoms with Crippen LogP contribution >= 0.6 is 9.24 Å². The predicted octanol–water partition coefficient (Wildman–Crippen LogP) is 3.79. The standard InChI is InChI=1S/C12H19P/c1-2-3-4-7-11-8-5-6-9-12(11)10-13/h5-6,8-9H,2-4,7,10,13H2,1H3. The van der Waals surface area contributed by atoms with Crippen LogP contribution in [0.3, 0.4) is 0 Å². The second-order valence-electron chi connectivity index (χ2n) is 3.43. The molecule has 72 valence electrons. The summed E-state index contributed by atoms with van der Waals surface area (Å²) in [5, 5.41) is 0. The van der Waals surface area contributed by atoms with Gasteiger partial charge < -0.3 is 0 Å². The molecule has 0 aliphatic rings. The van der Waals surface area contributed by atoms with Crippen LogP contribution in [0.25, 0.3) is 0 Å². The van der Waals surface area contributed by atoms with E-state index < -0.39 is 0 Å². The summed E-state index contributed by atoms with van der Waals surface area (Å²) in [6, 6.07) is 8.76. The lowest BCUT2D eigenvalue weighted by Crippen LogP contribution is -1.91. The Morgan fingerprint density at radius 2 is 1.77 bits per heavy atom. The van der Waals surface area contributed by atoms with Gasteiger partial charge in [-0.1, -0.05) is 44.0 Å². The van der Waals surface area contributed by atoms with E-state index in [1.165, 1.54) is 36.8 Å². The first-order chi connectivity index (χ1) is 6.38. The number of benzene rings is 1. The second kappa shape index (κ2) is 6.16. The maximum Gasteiger partial charge on any atom is -0.0126 e. The van der Waals surface area contributed by atoms with Crippen LogP contribution in [0.2, 0.25) is 0 Å². The van der Waals surface area contributed by atoms with Gasteiger partial charge >= 0.3 is 0 Å². The highest BCUT2D eigenvalue weighted by Crippen LogP contribution is 2.15. The van der Waals surface area contributed by atoms with Gasteiger partial charge in [0, 0.05) is 0 Å². The molecule has 1 aromatic carbocycles. The highest BCUT2D eigenvalue weighted by molar-refractivity contribution is 7.15. The molecule has 0 aliphatic heterocycles. The molecule has 0 aliphatic carbocycles. The fraction of sp³-hybridized carbons (Fsp3) is 0.500. The molecule has 0 amide bonds. The molecule has 0 saturated carbocycles. The lowest BCUT2D eigenvalue weighted by Gasteiger charge is -2.06. The average Bonchev–Trinajstić information content (AvgIpc) is 2.19. The molecule has 1 atom stereocenters. The maximum atomic E-state index is 2.80. The van der Waals surface area contributed by atoms with Gasteiger partial charge in [0.05, 0.1) is 0 Å². The summed E-state index contributed by atoms with van der Waals surface area (Å²) in [5.74, 6) is 0. The molecular formula is C12H19P. The van der Waals surface area contributed by atoms with Crippen molar-refractivity contribution in [2.24, 2.45) is 0 Å². The average molecular weight is 194 g/mol. The topological polar surface area (TPSA) is 0 Å². The van der Waals surface area contributed by atoms with E-state index >= 15 is 0 Å². The van der Waals surface area contributed by atoms with Crippen LogP contribution in [-0.4, -0.2) is 0 Å². The summed E-state index contributed by atoms with van der Waals surface area (Å²) in [5.41, 5.74) is 3.02. The van der Waals surface area contributed by atoms with E-state index in [9.17, 15) is 0 Å². The molecular weight excluding hydrogens is 175 g/mol. The van der Waals surface area contributed by atoms with Crippen LogP contribution in [0.5, 0.6) is 0 Å². The quantitative estimate of drug-likeness (QED) is 0.494. The van der Waals surface area contributed by atoms with E-state index in [4.69, 9.17) is 0 Å². The second-order valence-corrected chi connectivity index (χ2v) is 3.84. The minimum Gasteiger partial charge on any atom is -0.133 e. The molecule has 1 aromatic rings. The molecule has 1 heteroatoms. The van der Waals surface area contributed by atoms with Crippen LogP contribution in [0, 0.1) is 0 Å². The number of hydrogen-bond acceptors (Lipinski definition) is 0. The van der Waals surface area contributed by atoms with E-state index in [-0.39, 0.29) is 0 Å². The van der Waals surface area contributed by atoms with Crippen LogP contribution in [0.4, 0.5) is 0 Å². The van der Waals surface area contributed by atoms with Crippen molar-refractivity contribution in [3.63, 3.8) is 0 Å². The summed E-state index contributed by atoms with van der Waals surface area (Å²) >= 11 is 0. The van der Waals surface area contributed by atoms with Gasteiger partial charge in [-0.3, -0.25) is 0 Å². The maximum absolute atomic E-state index is 2.80. The van der Waals surface area contributed by atoms with Crippen LogP contribution in [-0.2, 0) is 12.6 Å². The van der Waals surface area contributed by atoms with Gasteiger partial charge in [-0.05, 0) is 30.1 Å². The number of hydrogen-bond donors (Lipinski definition) is 0. The largest absolute Gasteiger partial charge is 0.133 e. The minimum atomic E-state index is 1.09. The van der Waals surface area contributed by atoms with Gasteiger partial charge in [-0.25, -0.2) is 0 Å². The normalized spacial score (nSPS) is 10.3. The molecule has 1 unspecified atom stereocenters. The summed E-state index contributed by atoms with van der Waals surface area (Å²) in [7, 11) is 2.80. The summed E-state index contributed by atoms with van der Waals surface area (Å²) in [4.78, 5) is 0. The Hall–Kier alpha value is -0.350. The van der Waals surface area contributed by atoms with Crippen molar-refractivity contribution in [3.05, 3.63) is 35.4 Å². The van der Waals surface area contributed by atoms with E-state index in [1.54, 1.807) is 0 Å². The molecule has 0 nitrogen and oxygen atoms in total. The van der Waals surface area contributed by atoms with Gasteiger partial charge in [-0.15, -0.1) is 9.24 Å². The van der Waals surface area contributed by atoms with Gasteiger partial charge in [0.15, 0.2) is 0 Å². The third-order valence-electron chi connectivity index (χ3n) is 2.39. The van der Waals surface area contributed by atoms with E-state index in [0.29, 0.717) is 0 Å². The summed E-state index contributed by atoms with van der Waals surface area (Å²) in [6.45, 7) is 2.25. The molecule has 1 rings (SSSR count). The first-order valence-electron chi connectivity index (χ1n) is 5.15. The molecule has 0 aromatic heterocycles. The first-order valence-corrected chi connectivity index (χ1v) is 5.97. The van der Waals surface area contributed by atoms with E-state index in [1.807, 2.05) is 0 Å². The summed E-state index contributed by atoms with van der Waals surface area (Å²) in [6.07, 6.45) is 6.33. The van der Waals surface area contributed by atoms with Crippen molar-refractivity contribution in [1.29, 1.82) is 0 Å². The molecule has 0 spiro atoms. The van der Waals surface area contributed by atoms with E-state index in [0.717, 1.165) is 6.16 Å². The van der Waals surface area contributed by atoms with Crippen molar-refractivity contribution in [2.75, 3.05) is 0 Å². The summed E-state index contributed by atoms with van der Waals surface area (Å²) < 4.78 is 0. The predicted molar refractivity (Wildman–Crippen MR) is 63.1 cm³/mol. The van der Waals surface area contributed by atoms with Gasteiger partial charge in [0.1, 0.15) is 0 Å². The SMILES string of the molecule is CCCCCc1ccccc1CP. The Morgan fingerprint density at radius 3 is 2.38 bits per heavy atom. The fourth-order valence-corrected chi connectivity index (χ4v) is 1.96. The lowest BCUT2D eigenvalue weighted by atomic mass is 10.0. The molecule has 0 fully saturated rings. The Bertz CT molecular complexity index is 243. The number of rotatable bonds is 5. The number of aryl methyl sites for hydroxylation is 1. The minimum absolute atomic E-state index is 1.09. The zero-order valence-corrected chi connectivity index (χ0v) is 9.58. The Morgan fingerprint density at radius 1 is 1.08 bits per heavy atom. The first kappa shape index (κ1) is 10.7. The Balaban J connectivity index is 2.54. The third-order valence-corrected chi connectivity index (χ3v) is 2.83. The van der Waals surface area contributed by atoms with Crippen LogP contribution in [0.1, 0.15) is 37.3 Å². The van der Waals surface area contributed by atoms with Crippen LogP contribution < -0.4 is 0 Å². The fourth-order valence-electron chi connectivity index (χ4n) is 1.57. The van der Waals surface area contributed by atoms with Crippen molar-refractivity contribution in [1.82, 2.24) is 0 Å². The molecule has 0 saturated heterocycles. The highest BCUT2D eigenvalue weighted by Gasteiger charge is 1.98. The smallest absolute Gasteiger partial charge is 0.0126 e. The third kappa shape index (κ3) is 3.48. The van der Waals surface area contributed by atoms with Gasteiger partial charge in [0.2, 0.25) is 0 Å². The molecule has 0 heterocycles. The van der Waals surface area contributed by atoms with Crippen molar-refractivity contribution < 1.29 is 0 Å². The van der Waals surface area contributed by atoms with Gasteiger partial charge in [-0.2, -0.15) is 0 Å². The molecule has 0 radical (unpaired) electrons. The molecule has 13 heavy (non-hydrogen) atoms. The van der Waals surface area contributed by atoms with Crippen LogP contribution in [0.15, 0.2) is 24.3 Å². The van der Waals surface area contributed by atoms with Crippen molar-refractivity contribution >= 4 is 9.24 Å². The van der Waals surface area contributed by atoms with Crippen molar-refractivity contribution in [2.45, 2.75) is 38.8 Å². The van der Waals surface area contributed by atoms with Crippen molar-refractivity contribution in [3.8, 4) is 0 Å². The zero-order valence-electron chi connectivity index (χ0n) is 8.42. The zero-order chi connectivity index (χ0) is 9.52. The number of unbranched alkanes of at least 4 members (excludes halogenated alkanes) is 2. The lowest BCUT2D eigenvalue weighted by molar-refractivity contribution is 0.715. The Kier molecular flexibility index (Phi) is 5.08. The highest BCUT2D eigenvalue weighted by atomic mass is 31.0. The molecule has 0 bridgehead atoms. The van der Waals surface area contributed by atoms with Gasteiger partial charge in [0.25, 0.3) is 0 Å². The molecule has 0 N–H and O–H groups in total.